The van der Waals surface area contributed by atoms with Crippen LogP contribution >= 0.6 is 0 Å². The molecule has 0 spiro atoms. The van der Waals surface area contributed by atoms with Gasteiger partial charge in [0, 0.05) is 0 Å². The third-order valence-corrected chi connectivity index (χ3v) is 3.77. The number of aliphatic hydroxyl groups is 1. The van der Waals surface area contributed by atoms with Gasteiger partial charge in [-0.15, -0.1) is 0 Å². The summed E-state index contributed by atoms with van der Waals surface area (Å²) in [4.78, 5) is 12.1. The average Bonchev–Trinajstić information content (AvgIpc) is 2.87. The normalized spacial score (nSPS) is 20.7. The number of hydrogen-bond donors (Lipinski definition) is 3. The third-order valence-electron chi connectivity index (χ3n) is 3.77. The minimum Gasteiger partial charge on any atom is -0.391 e. The van der Waals surface area contributed by atoms with Gasteiger partial charge >= 0.3 is 6.03 Å². The van der Waals surface area contributed by atoms with Crippen LogP contribution in [0.15, 0.2) is 35.1 Å². The molecule has 6 nitrogen and oxygen atoms in total. The highest BCUT2D eigenvalue weighted by Gasteiger charge is 2.29. The van der Waals surface area contributed by atoms with E-state index in [4.69, 9.17) is 4.52 Å². The van der Waals surface area contributed by atoms with E-state index < -0.39 is 12.1 Å². The molecule has 3 rings (SSSR count). The molecule has 21 heavy (non-hydrogen) atoms. The number of urea groups is 1. The van der Waals surface area contributed by atoms with E-state index in [0.29, 0.717) is 17.8 Å². The molecular formula is C15H17N3O3. The number of carbonyl (C=O) groups is 1. The Labute approximate surface area is 122 Å². The predicted molar refractivity (Wildman–Crippen MR) is 76.9 cm³/mol. The molecule has 0 saturated carbocycles. The summed E-state index contributed by atoms with van der Waals surface area (Å²) in [6, 6.07) is 7.05. The number of aromatic nitrogens is 1. The number of fused-ring (bicyclic) bond motifs is 1. The van der Waals surface area contributed by atoms with Crippen molar-refractivity contribution in [3.05, 3.63) is 47.3 Å². The van der Waals surface area contributed by atoms with Crippen LogP contribution in [0.5, 0.6) is 0 Å². The van der Waals surface area contributed by atoms with Crippen LogP contribution in [0.4, 0.5) is 10.5 Å². The van der Waals surface area contributed by atoms with Gasteiger partial charge in [-0.1, -0.05) is 29.4 Å². The van der Waals surface area contributed by atoms with Crippen LogP contribution in [-0.4, -0.2) is 22.4 Å². The van der Waals surface area contributed by atoms with E-state index in [9.17, 15) is 9.90 Å². The Morgan fingerprint density at radius 1 is 1.43 bits per heavy atom. The lowest BCUT2D eigenvalue weighted by Gasteiger charge is -2.30. The largest absolute Gasteiger partial charge is 0.391 e. The van der Waals surface area contributed by atoms with E-state index in [1.165, 1.54) is 6.26 Å². The van der Waals surface area contributed by atoms with E-state index in [1.807, 2.05) is 24.3 Å². The maximum atomic E-state index is 12.1. The number of amides is 2. The summed E-state index contributed by atoms with van der Waals surface area (Å²) >= 11 is 0. The van der Waals surface area contributed by atoms with Gasteiger partial charge in [-0.05, 0) is 30.9 Å². The van der Waals surface area contributed by atoms with Gasteiger partial charge in [-0.3, -0.25) is 0 Å². The Bertz CT molecular complexity index is 653. The van der Waals surface area contributed by atoms with Crippen molar-refractivity contribution in [2.24, 2.45) is 0 Å². The van der Waals surface area contributed by atoms with Crippen LogP contribution in [-0.2, 0) is 6.42 Å². The van der Waals surface area contributed by atoms with Crippen molar-refractivity contribution in [2.75, 3.05) is 5.32 Å². The van der Waals surface area contributed by atoms with E-state index in [2.05, 4.69) is 15.8 Å². The van der Waals surface area contributed by atoms with E-state index in [0.717, 1.165) is 17.5 Å². The first-order valence-electron chi connectivity index (χ1n) is 6.89. The van der Waals surface area contributed by atoms with Crippen molar-refractivity contribution in [2.45, 2.75) is 31.9 Å². The number of anilines is 1. The Morgan fingerprint density at radius 2 is 2.24 bits per heavy atom. The maximum Gasteiger partial charge on any atom is 0.319 e. The molecule has 0 fully saturated rings. The van der Waals surface area contributed by atoms with Crippen LogP contribution in [0.3, 0.4) is 0 Å². The fourth-order valence-corrected chi connectivity index (χ4v) is 2.63. The Kier molecular flexibility index (Phi) is 3.62. The molecule has 1 aromatic carbocycles. The molecule has 2 atom stereocenters. The van der Waals surface area contributed by atoms with Crippen LogP contribution in [0.1, 0.15) is 29.3 Å². The SMILES string of the molecule is Cc1nocc1NC(=O)N[C@@H]1c2ccccc2CC[C@@H]1O. The molecule has 1 aliphatic rings. The van der Waals surface area contributed by atoms with E-state index in [-0.39, 0.29) is 6.03 Å². The molecule has 1 aromatic heterocycles. The lowest BCUT2D eigenvalue weighted by Crippen LogP contribution is -2.41. The lowest BCUT2D eigenvalue weighted by molar-refractivity contribution is 0.115. The first kappa shape index (κ1) is 13.6. The number of carbonyl (C=O) groups excluding carboxylic acids is 1. The van der Waals surface area contributed by atoms with Crippen molar-refractivity contribution < 1.29 is 14.4 Å². The number of aryl methyl sites for hydroxylation is 2. The Balaban J connectivity index is 1.75. The first-order chi connectivity index (χ1) is 10.1. The van der Waals surface area contributed by atoms with Crippen molar-refractivity contribution in [1.29, 1.82) is 0 Å². The Hall–Kier alpha value is -2.34. The van der Waals surface area contributed by atoms with Gasteiger partial charge in [0.15, 0.2) is 0 Å². The molecule has 6 heteroatoms. The standard InChI is InChI=1S/C15H17N3O3/c1-9-12(8-21-18-9)16-15(20)17-14-11-5-3-2-4-10(11)6-7-13(14)19/h2-5,8,13-14,19H,6-7H2,1H3,(H2,16,17,20)/t13-,14+/m0/s1. The molecule has 110 valence electrons. The minimum atomic E-state index is -0.589. The predicted octanol–water partition coefficient (Wildman–Crippen LogP) is 2.15. The van der Waals surface area contributed by atoms with Gasteiger partial charge in [0.1, 0.15) is 17.6 Å². The van der Waals surface area contributed by atoms with Gasteiger partial charge in [0.05, 0.1) is 12.1 Å². The third kappa shape index (κ3) is 2.75. The van der Waals surface area contributed by atoms with Gasteiger partial charge < -0.3 is 20.3 Å². The number of nitrogens with one attached hydrogen (secondary N) is 2. The minimum absolute atomic E-state index is 0.387. The number of nitrogens with zero attached hydrogens (tertiary/aromatic N) is 1. The number of benzene rings is 1. The highest BCUT2D eigenvalue weighted by molar-refractivity contribution is 5.89. The zero-order valence-electron chi connectivity index (χ0n) is 11.7. The van der Waals surface area contributed by atoms with Gasteiger partial charge in [-0.25, -0.2) is 4.79 Å². The molecule has 0 unspecified atom stereocenters. The summed E-state index contributed by atoms with van der Waals surface area (Å²) in [5.74, 6) is 0. The molecule has 2 aromatic rings. The van der Waals surface area contributed by atoms with Gasteiger partial charge in [0.25, 0.3) is 0 Å². The molecule has 0 radical (unpaired) electrons. The number of aliphatic hydroxyl groups excluding tert-OH is 1. The molecule has 0 aliphatic heterocycles. The fraction of sp³-hybridized carbons (Fsp3) is 0.333. The van der Waals surface area contributed by atoms with Crippen LogP contribution in [0, 0.1) is 6.92 Å². The van der Waals surface area contributed by atoms with Gasteiger partial charge in [-0.2, -0.15) is 0 Å². The number of hydrogen-bond acceptors (Lipinski definition) is 4. The van der Waals surface area contributed by atoms with Gasteiger partial charge in [0.2, 0.25) is 0 Å². The molecule has 3 N–H and O–H groups in total. The highest BCUT2D eigenvalue weighted by atomic mass is 16.5. The summed E-state index contributed by atoms with van der Waals surface area (Å²) in [6.07, 6.45) is 2.24. The quantitative estimate of drug-likeness (QED) is 0.789. The monoisotopic (exact) mass is 287 g/mol. The second-order valence-electron chi connectivity index (χ2n) is 5.19. The number of rotatable bonds is 2. The molecular weight excluding hydrogens is 270 g/mol. The lowest BCUT2D eigenvalue weighted by atomic mass is 9.86. The maximum absolute atomic E-state index is 12.1. The van der Waals surface area contributed by atoms with Crippen molar-refractivity contribution in [3.63, 3.8) is 0 Å². The van der Waals surface area contributed by atoms with Crippen LogP contribution in [0.2, 0.25) is 0 Å². The topological polar surface area (TPSA) is 87.4 Å². The zero-order valence-corrected chi connectivity index (χ0v) is 11.7. The summed E-state index contributed by atoms with van der Waals surface area (Å²) in [7, 11) is 0. The van der Waals surface area contributed by atoms with Crippen molar-refractivity contribution >= 4 is 11.7 Å². The molecule has 1 aliphatic carbocycles. The summed E-state index contributed by atoms with van der Waals surface area (Å²) in [5, 5.41) is 19.4. The summed E-state index contributed by atoms with van der Waals surface area (Å²) < 4.78 is 4.77. The van der Waals surface area contributed by atoms with Crippen LogP contribution in [0.25, 0.3) is 0 Å². The highest BCUT2D eigenvalue weighted by Crippen LogP contribution is 2.30. The Morgan fingerprint density at radius 3 is 3.00 bits per heavy atom. The second kappa shape index (κ2) is 5.57. The van der Waals surface area contributed by atoms with Crippen LogP contribution < -0.4 is 10.6 Å². The van der Waals surface area contributed by atoms with E-state index in [1.54, 1.807) is 6.92 Å². The zero-order chi connectivity index (χ0) is 14.8. The summed E-state index contributed by atoms with van der Waals surface area (Å²) in [6.45, 7) is 1.74. The van der Waals surface area contributed by atoms with Crippen molar-refractivity contribution in [1.82, 2.24) is 10.5 Å². The smallest absolute Gasteiger partial charge is 0.319 e. The second-order valence-corrected chi connectivity index (χ2v) is 5.19. The van der Waals surface area contributed by atoms with E-state index >= 15 is 0 Å². The van der Waals surface area contributed by atoms with Crippen molar-refractivity contribution in [3.8, 4) is 0 Å². The molecule has 0 saturated heterocycles. The first-order valence-corrected chi connectivity index (χ1v) is 6.89. The molecule has 0 bridgehead atoms. The molecule has 2 amide bonds. The summed E-state index contributed by atoms with van der Waals surface area (Å²) in [5.41, 5.74) is 3.25. The average molecular weight is 287 g/mol. The fourth-order valence-electron chi connectivity index (χ4n) is 2.63. The molecule has 1 heterocycles.